The molecule has 88 valence electrons. The Morgan fingerprint density at radius 2 is 2.00 bits per heavy atom. The standard InChI is InChI=1S/C14H18N3/c1-12(14-16(2)9-10-17(14)3)15-11-13-7-5-4-6-8-13/h4-10H,11H2,1-3H3/q+1. The van der Waals surface area contributed by atoms with Crippen molar-refractivity contribution in [3.8, 4) is 0 Å². The highest BCUT2D eigenvalue weighted by Gasteiger charge is 2.14. The minimum absolute atomic E-state index is 0.734. The number of nitrogens with zero attached hydrogens (tertiary/aromatic N) is 3. The molecule has 0 bridgehead atoms. The third-order valence-electron chi connectivity index (χ3n) is 2.85. The molecule has 1 heterocycles. The van der Waals surface area contributed by atoms with E-state index in [9.17, 15) is 0 Å². The molecule has 3 heteroatoms. The quantitative estimate of drug-likeness (QED) is 0.565. The van der Waals surface area contributed by atoms with Crippen LogP contribution in [0.3, 0.4) is 0 Å². The molecule has 0 fully saturated rings. The molecule has 17 heavy (non-hydrogen) atoms. The van der Waals surface area contributed by atoms with E-state index in [0.29, 0.717) is 0 Å². The topological polar surface area (TPSA) is 21.2 Å². The Bertz CT molecular complexity index is 504. The van der Waals surface area contributed by atoms with Gasteiger partial charge in [-0.2, -0.15) is 0 Å². The zero-order valence-electron chi connectivity index (χ0n) is 10.6. The summed E-state index contributed by atoms with van der Waals surface area (Å²) in [5.74, 6) is 1.14. The molecular formula is C14H18N3+. The van der Waals surface area contributed by atoms with E-state index >= 15 is 0 Å². The third kappa shape index (κ3) is 2.61. The first-order valence-electron chi connectivity index (χ1n) is 5.75. The second-order valence-corrected chi connectivity index (χ2v) is 4.23. The van der Waals surface area contributed by atoms with Crippen molar-refractivity contribution in [2.24, 2.45) is 19.1 Å². The van der Waals surface area contributed by atoms with Crippen LogP contribution in [0.5, 0.6) is 0 Å². The Hall–Kier alpha value is -1.90. The Kier molecular flexibility index (Phi) is 3.38. The van der Waals surface area contributed by atoms with Crippen LogP contribution in [0.2, 0.25) is 0 Å². The average Bonchev–Trinajstić information content (AvgIpc) is 2.67. The average molecular weight is 228 g/mol. The Balaban J connectivity index is 2.18. The maximum absolute atomic E-state index is 4.63. The summed E-state index contributed by atoms with van der Waals surface area (Å²) in [5.41, 5.74) is 2.30. The predicted octanol–water partition coefficient (Wildman–Crippen LogP) is 1.86. The minimum Gasteiger partial charge on any atom is -0.277 e. The zero-order chi connectivity index (χ0) is 12.3. The monoisotopic (exact) mass is 228 g/mol. The molecule has 0 atom stereocenters. The molecule has 0 aliphatic heterocycles. The van der Waals surface area contributed by atoms with Gasteiger partial charge in [0.2, 0.25) is 0 Å². The molecule has 0 aliphatic rings. The normalized spacial score (nSPS) is 11.8. The van der Waals surface area contributed by atoms with Crippen LogP contribution in [0.1, 0.15) is 18.3 Å². The lowest BCUT2D eigenvalue weighted by molar-refractivity contribution is -0.672. The molecule has 0 amide bonds. The van der Waals surface area contributed by atoms with E-state index in [2.05, 4.69) is 33.2 Å². The number of hydrogen-bond donors (Lipinski definition) is 0. The number of imidazole rings is 1. The first-order valence-corrected chi connectivity index (χ1v) is 5.75. The number of aliphatic imine (C=N–C) groups is 1. The lowest BCUT2D eigenvalue weighted by Gasteiger charge is -1.99. The SMILES string of the molecule is CC(=NCc1ccccc1)c1n(C)cc[n+]1C. The van der Waals surface area contributed by atoms with Crippen LogP contribution >= 0.6 is 0 Å². The summed E-state index contributed by atoms with van der Waals surface area (Å²) in [4.78, 5) is 4.63. The summed E-state index contributed by atoms with van der Waals surface area (Å²) < 4.78 is 4.17. The first-order chi connectivity index (χ1) is 8.18. The molecule has 0 aliphatic carbocycles. The Morgan fingerprint density at radius 3 is 2.59 bits per heavy atom. The van der Waals surface area contributed by atoms with Gasteiger partial charge in [0.1, 0.15) is 18.1 Å². The number of aryl methyl sites for hydroxylation is 2. The van der Waals surface area contributed by atoms with Gasteiger partial charge in [0.15, 0.2) is 0 Å². The van der Waals surface area contributed by atoms with Crippen LogP contribution in [0.25, 0.3) is 0 Å². The van der Waals surface area contributed by atoms with Crippen molar-refractivity contribution in [3.63, 3.8) is 0 Å². The molecule has 0 N–H and O–H groups in total. The van der Waals surface area contributed by atoms with Crippen LogP contribution in [-0.2, 0) is 20.6 Å². The summed E-state index contributed by atoms with van der Waals surface area (Å²) in [5, 5.41) is 0. The van der Waals surface area contributed by atoms with Crippen molar-refractivity contribution in [2.45, 2.75) is 13.5 Å². The van der Waals surface area contributed by atoms with Crippen molar-refractivity contribution < 1.29 is 4.57 Å². The van der Waals surface area contributed by atoms with Crippen LogP contribution in [-0.4, -0.2) is 10.3 Å². The Labute approximate surface area is 102 Å². The second-order valence-electron chi connectivity index (χ2n) is 4.23. The highest BCUT2D eigenvalue weighted by Crippen LogP contribution is 2.02. The largest absolute Gasteiger partial charge is 0.302 e. The van der Waals surface area contributed by atoms with E-state index in [1.807, 2.05) is 44.7 Å². The summed E-state index contributed by atoms with van der Waals surface area (Å²) >= 11 is 0. The molecule has 1 aromatic heterocycles. The summed E-state index contributed by atoms with van der Waals surface area (Å²) in [6.07, 6.45) is 4.08. The predicted molar refractivity (Wildman–Crippen MR) is 68.9 cm³/mol. The maximum atomic E-state index is 4.63. The maximum Gasteiger partial charge on any atom is 0.302 e. The smallest absolute Gasteiger partial charge is 0.277 e. The zero-order valence-corrected chi connectivity index (χ0v) is 10.6. The van der Waals surface area contributed by atoms with E-state index in [-0.39, 0.29) is 0 Å². The molecule has 1 aromatic carbocycles. The van der Waals surface area contributed by atoms with Crippen molar-refractivity contribution in [3.05, 3.63) is 54.1 Å². The number of rotatable bonds is 3. The van der Waals surface area contributed by atoms with E-state index in [1.165, 1.54) is 5.56 Å². The van der Waals surface area contributed by atoms with Crippen LogP contribution in [0.4, 0.5) is 0 Å². The molecule has 0 radical (unpaired) electrons. The van der Waals surface area contributed by atoms with Crippen molar-refractivity contribution in [1.29, 1.82) is 0 Å². The highest BCUT2D eigenvalue weighted by molar-refractivity contribution is 5.94. The first kappa shape index (κ1) is 11.6. The van der Waals surface area contributed by atoms with Crippen molar-refractivity contribution >= 4 is 5.71 Å². The lowest BCUT2D eigenvalue weighted by atomic mass is 10.2. The van der Waals surface area contributed by atoms with Gasteiger partial charge in [-0.05, 0) is 12.5 Å². The highest BCUT2D eigenvalue weighted by atomic mass is 15.1. The third-order valence-corrected chi connectivity index (χ3v) is 2.85. The van der Waals surface area contributed by atoms with Gasteiger partial charge < -0.3 is 0 Å². The van der Waals surface area contributed by atoms with Crippen LogP contribution in [0.15, 0.2) is 47.7 Å². The molecule has 2 rings (SSSR count). The van der Waals surface area contributed by atoms with Gasteiger partial charge in [0, 0.05) is 0 Å². The van der Waals surface area contributed by atoms with Crippen molar-refractivity contribution in [2.75, 3.05) is 0 Å². The van der Waals surface area contributed by atoms with Gasteiger partial charge in [-0.3, -0.25) is 4.99 Å². The number of hydrogen-bond acceptors (Lipinski definition) is 1. The summed E-state index contributed by atoms with van der Waals surface area (Å²) in [6, 6.07) is 10.3. The minimum atomic E-state index is 0.734. The number of aromatic nitrogens is 2. The summed E-state index contributed by atoms with van der Waals surface area (Å²) in [7, 11) is 4.08. The van der Waals surface area contributed by atoms with Crippen LogP contribution in [0, 0.1) is 0 Å². The fraction of sp³-hybridized carbons (Fsp3) is 0.286. The number of benzene rings is 1. The van der Waals surface area contributed by atoms with Crippen LogP contribution < -0.4 is 4.57 Å². The van der Waals surface area contributed by atoms with E-state index in [4.69, 9.17) is 0 Å². The Morgan fingerprint density at radius 1 is 1.29 bits per heavy atom. The van der Waals surface area contributed by atoms with Gasteiger partial charge in [-0.15, -0.1) is 0 Å². The van der Waals surface area contributed by atoms with E-state index in [1.54, 1.807) is 0 Å². The molecule has 2 aromatic rings. The van der Waals surface area contributed by atoms with Gasteiger partial charge in [-0.25, -0.2) is 9.13 Å². The molecule has 0 saturated carbocycles. The second kappa shape index (κ2) is 4.95. The van der Waals surface area contributed by atoms with E-state index < -0.39 is 0 Å². The molecule has 0 unspecified atom stereocenters. The lowest BCUT2D eigenvalue weighted by Crippen LogP contribution is -2.34. The fourth-order valence-corrected chi connectivity index (χ4v) is 1.96. The molecule has 0 saturated heterocycles. The summed E-state index contributed by atoms with van der Waals surface area (Å²) in [6.45, 7) is 2.79. The van der Waals surface area contributed by atoms with Gasteiger partial charge in [0.05, 0.1) is 20.6 Å². The molecule has 0 spiro atoms. The fourth-order valence-electron chi connectivity index (χ4n) is 1.96. The van der Waals surface area contributed by atoms with Crippen molar-refractivity contribution in [1.82, 2.24) is 4.57 Å². The molecule has 3 nitrogen and oxygen atoms in total. The van der Waals surface area contributed by atoms with Gasteiger partial charge in [0.25, 0.3) is 0 Å². The van der Waals surface area contributed by atoms with E-state index in [0.717, 1.165) is 18.1 Å². The van der Waals surface area contributed by atoms with Gasteiger partial charge >= 0.3 is 5.82 Å². The van der Waals surface area contributed by atoms with Gasteiger partial charge in [-0.1, -0.05) is 30.3 Å². The molecular weight excluding hydrogens is 210 g/mol.